The number of nitrogens with two attached hydrogens (primary N) is 1. The lowest BCUT2D eigenvalue weighted by atomic mass is 10.00. The molecule has 0 aliphatic carbocycles. The van der Waals surface area contributed by atoms with Crippen molar-refractivity contribution in [3.05, 3.63) is 22.9 Å². The molecule has 1 aliphatic heterocycles. The number of rotatable bonds is 1. The lowest BCUT2D eigenvalue weighted by molar-refractivity contribution is -0.00578. The molecule has 108 valence electrons. The predicted molar refractivity (Wildman–Crippen MR) is 78.0 cm³/mol. The smallest absolute Gasteiger partial charge is 0.145 e. The minimum absolute atomic E-state index is 0.544. The molecule has 5 heteroatoms. The number of nitrogen functional groups attached to an aromatic ring is 1. The number of aromatic nitrogens is 1. The van der Waals surface area contributed by atoms with Crippen LogP contribution in [0.4, 0.5) is 5.69 Å². The van der Waals surface area contributed by atoms with Crippen LogP contribution in [0.2, 0.25) is 0 Å². The summed E-state index contributed by atoms with van der Waals surface area (Å²) in [5.74, 6) is 0.679. The van der Waals surface area contributed by atoms with Gasteiger partial charge in [-0.1, -0.05) is 0 Å². The van der Waals surface area contributed by atoms with Crippen molar-refractivity contribution in [1.82, 2.24) is 4.57 Å². The molecule has 2 aromatic rings. The van der Waals surface area contributed by atoms with E-state index in [2.05, 4.69) is 4.57 Å². The van der Waals surface area contributed by atoms with E-state index in [9.17, 15) is 10.2 Å². The molecule has 20 heavy (non-hydrogen) atoms. The predicted octanol–water partition coefficient (Wildman–Crippen LogP) is 1.65. The Kier molecular flexibility index (Phi) is 2.92. The number of hydrogen-bond acceptors (Lipinski definition) is 4. The standard InChI is InChI=1S/C15H20N2O3/c1-7-6-9-11(12(16)15(7)20-3)8(2)13-14(19)10(18)4-5-17(9)13/h6,10,14,18-19H,4-5,16H2,1-3H3/t10-,14-/m0/s1. The van der Waals surface area contributed by atoms with Crippen LogP contribution in [-0.4, -0.2) is 28.0 Å². The van der Waals surface area contributed by atoms with E-state index in [4.69, 9.17) is 10.5 Å². The summed E-state index contributed by atoms with van der Waals surface area (Å²) in [6.07, 6.45) is -1.03. The van der Waals surface area contributed by atoms with E-state index in [0.717, 1.165) is 27.7 Å². The molecule has 5 nitrogen and oxygen atoms in total. The van der Waals surface area contributed by atoms with Crippen molar-refractivity contribution in [3.63, 3.8) is 0 Å². The number of benzene rings is 1. The SMILES string of the molecule is COc1c(C)cc2c(c(C)c3n2CC[C@H](O)[C@@H]3O)c1N. The summed E-state index contributed by atoms with van der Waals surface area (Å²) < 4.78 is 7.43. The lowest BCUT2D eigenvalue weighted by Crippen LogP contribution is -2.28. The van der Waals surface area contributed by atoms with Crippen LogP contribution in [0.15, 0.2) is 6.07 Å². The average molecular weight is 276 g/mol. The summed E-state index contributed by atoms with van der Waals surface area (Å²) in [6, 6.07) is 2.03. The van der Waals surface area contributed by atoms with Gasteiger partial charge in [-0.3, -0.25) is 0 Å². The Morgan fingerprint density at radius 1 is 1.35 bits per heavy atom. The Balaban J connectivity index is 2.40. The molecule has 3 rings (SSSR count). The molecule has 4 N–H and O–H groups in total. The van der Waals surface area contributed by atoms with Crippen LogP contribution in [0.3, 0.4) is 0 Å². The Morgan fingerprint density at radius 2 is 2.05 bits per heavy atom. The maximum absolute atomic E-state index is 10.3. The highest BCUT2D eigenvalue weighted by Gasteiger charge is 2.31. The van der Waals surface area contributed by atoms with Crippen molar-refractivity contribution in [3.8, 4) is 5.75 Å². The van der Waals surface area contributed by atoms with E-state index in [1.54, 1.807) is 7.11 Å². The van der Waals surface area contributed by atoms with Gasteiger partial charge in [-0.15, -0.1) is 0 Å². The summed E-state index contributed by atoms with van der Waals surface area (Å²) in [5, 5.41) is 21.0. The van der Waals surface area contributed by atoms with E-state index < -0.39 is 12.2 Å². The number of hydrogen-bond donors (Lipinski definition) is 3. The number of nitrogens with zero attached hydrogens (tertiary/aromatic N) is 1. The van der Waals surface area contributed by atoms with E-state index in [-0.39, 0.29) is 0 Å². The first-order valence-corrected chi connectivity index (χ1v) is 6.79. The van der Waals surface area contributed by atoms with Crippen LogP contribution < -0.4 is 10.5 Å². The zero-order valence-corrected chi connectivity index (χ0v) is 12.0. The highest BCUT2D eigenvalue weighted by Crippen LogP contribution is 2.42. The second-order valence-electron chi connectivity index (χ2n) is 5.50. The van der Waals surface area contributed by atoms with E-state index in [0.29, 0.717) is 24.4 Å². The van der Waals surface area contributed by atoms with Gasteiger partial charge in [0.25, 0.3) is 0 Å². The zero-order chi connectivity index (χ0) is 14.6. The van der Waals surface area contributed by atoms with Crippen molar-refractivity contribution in [2.75, 3.05) is 12.8 Å². The molecule has 0 saturated carbocycles. The van der Waals surface area contributed by atoms with Crippen molar-refractivity contribution >= 4 is 16.6 Å². The molecule has 0 unspecified atom stereocenters. The van der Waals surface area contributed by atoms with Crippen molar-refractivity contribution in [2.24, 2.45) is 0 Å². The topological polar surface area (TPSA) is 80.6 Å². The summed E-state index contributed by atoms with van der Waals surface area (Å²) in [5.41, 5.74) is 10.5. The molecule has 0 spiro atoms. The molecule has 0 radical (unpaired) electrons. The van der Waals surface area contributed by atoms with Gasteiger partial charge in [0.1, 0.15) is 11.9 Å². The number of aliphatic hydroxyl groups excluding tert-OH is 2. The molecule has 0 amide bonds. The second-order valence-corrected chi connectivity index (χ2v) is 5.50. The molecular weight excluding hydrogens is 256 g/mol. The van der Waals surface area contributed by atoms with Gasteiger partial charge in [-0.25, -0.2) is 0 Å². The van der Waals surface area contributed by atoms with Gasteiger partial charge in [0.05, 0.1) is 30.1 Å². The third-order valence-corrected chi connectivity index (χ3v) is 4.32. The van der Waals surface area contributed by atoms with Gasteiger partial charge in [-0.05, 0) is 37.5 Å². The number of fused-ring (bicyclic) bond motifs is 3. The molecule has 0 fully saturated rings. The average Bonchev–Trinajstić information content (AvgIpc) is 2.68. The van der Waals surface area contributed by atoms with Gasteiger partial charge in [-0.2, -0.15) is 0 Å². The van der Waals surface area contributed by atoms with Crippen molar-refractivity contribution in [2.45, 2.75) is 39.0 Å². The Hall–Kier alpha value is -1.72. The normalized spacial score (nSPS) is 22.1. The largest absolute Gasteiger partial charge is 0.494 e. The third-order valence-electron chi connectivity index (χ3n) is 4.32. The Labute approximate surface area is 117 Å². The van der Waals surface area contributed by atoms with E-state index >= 15 is 0 Å². The van der Waals surface area contributed by atoms with Crippen LogP contribution >= 0.6 is 0 Å². The number of ether oxygens (including phenoxy) is 1. The van der Waals surface area contributed by atoms with Gasteiger partial charge < -0.3 is 25.3 Å². The van der Waals surface area contributed by atoms with E-state index in [1.165, 1.54) is 0 Å². The molecule has 1 aromatic carbocycles. The van der Waals surface area contributed by atoms with E-state index in [1.807, 2.05) is 19.9 Å². The molecule has 2 heterocycles. The van der Waals surface area contributed by atoms with Crippen molar-refractivity contribution < 1.29 is 14.9 Å². The Bertz CT molecular complexity index is 690. The van der Waals surface area contributed by atoms with Gasteiger partial charge in [0.15, 0.2) is 0 Å². The molecule has 0 saturated heterocycles. The number of aliphatic hydroxyl groups is 2. The number of methoxy groups -OCH3 is 1. The summed E-state index contributed by atoms with van der Waals surface area (Å²) >= 11 is 0. The monoisotopic (exact) mass is 276 g/mol. The van der Waals surface area contributed by atoms with Gasteiger partial charge in [0, 0.05) is 11.9 Å². The minimum Gasteiger partial charge on any atom is -0.494 e. The molecule has 2 atom stereocenters. The highest BCUT2D eigenvalue weighted by molar-refractivity contribution is 5.99. The Morgan fingerprint density at radius 3 is 2.70 bits per heavy atom. The minimum atomic E-state index is -0.859. The first-order chi connectivity index (χ1) is 9.47. The molecule has 1 aromatic heterocycles. The summed E-state index contributed by atoms with van der Waals surface area (Å²) in [4.78, 5) is 0. The summed E-state index contributed by atoms with van der Waals surface area (Å²) in [6.45, 7) is 4.57. The fraction of sp³-hybridized carbons (Fsp3) is 0.467. The fourth-order valence-corrected chi connectivity index (χ4v) is 3.37. The zero-order valence-electron chi connectivity index (χ0n) is 12.0. The number of aryl methyl sites for hydroxylation is 3. The van der Waals surface area contributed by atoms with Crippen LogP contribution in [0.25, 0.3) is 10.9 Å². The summed E-state index contributed by atoms with van der Waals surface area (Å²) in [7, 11) is 1.61. The third kappa shape index (κ3) is 1.57. The van der Waals surface area contributed by atoms with Crippen molar-refractivity contribution in [1.29, 1.82) is 0 Å². The highest BCUT2D eigenvalue weighted by atomic mass is 16.5. The second kappa shape index (κ2) is 4.40. The molecule has 1 aliphatic rings. The van der Waals surface area contributed by atoms with Crippen LogP contribution in [0, 0.1) is 13.8 Å². The fourth-order valence-electron chi connectivity index (χ4n) is 3.37. The lowest BCUT2D eigenvalue weighted by Gasteiger charge is -2.27. The maximum atomic E-state index is 10.3. The van der Waals surface area contributed by atoms with Crippen LogP contribution in [0.5, 0.6) is 5.75 Å². The molecular formula is C15H20N2O3. The maximum Gasteiger partial charge on any atom is 0.145 e. The number of anilines is 1. The first kappa shape index (κ1) is 13.3. The quantitative estimate of drug-likeness (QED) is 0.692. The van der Waals surface area contributed by atoms with Gasteiger partial charge in [0.2, 0.25) is 0 Å². The van der Waals surface area contributed by atoms with Crippen LogP contribution in [-0.2, 0) is 6.54 Å². The van der Waals surface area contributed by atoms with Crippen LogP contribution in [0.1, 0.15) is 29.3 Å². The molecule has 0 bridgehead atoms. The van der Waals surface area contributed by atoms with Gasteiger partial charge >= 0.3 is 0 Å². The first-order valence-electron chi connectivity index (χ1n) is 6.79.